The van der Waals surface area contributed by atoms with Crippen LogP contribution in [0, 0.1) is 6.92 Å². The van der Waals surface area contributed by atoms with Crippen molar-refractivity contribution in [2.75, 3.05) is 0 Å². The van der Waals surface area contributed by atoms with E-state index in [9.17, 15) is 14.7 Å². The number of aromatic nitrogens is 1. The summed E-state index contributed by atoms with van der Waals surface area (Å²) >= 11 is 12.5. The van der Waals surface area contributed by atoms with Crippen LogP contribution in [-0.4, -0.2) is 45.4 Å². The molecule has 28 heavy (non-hydrogen) atoms. The van der Waals surface area contributed by atoms with Crippen LogP contribution >= 0.6 is 23.2 Å². The zero-order chi connectivity index (χ0) is 20.0. The number of piperidine rings is 1. The molecule has 0 spiro atoms. The van der Waals surface area contributed by atoms with Gasteiger partial charge in [-0.1, -0.05) is 34.4 Å². The highest BCUT2D eigenvalue weighted by Crippen LogP contribution is 2.39. The predicted molar refractivity (Wildman–Crippen MR) is 102 cm³/mol. The molecule has 2 aromatic rings. The minimum atomic E-state index is -0.914. The van der Waals surface area contributed by atoms with Gasteiger partial charge in [0.25, 0.3) is 0 Å². The average molecular weight is 425 g/mol. The van der Waals surface area contributed by atoms with E-state index < -0.39 is 12.1 Å². The molecule has 1 unspecified atom stereocenters. The molecule has 2 aliphatic heterocycles. The Labute approximate surface area is 171 Å². The number of benzene rings is 1. The number of hydrogen-bond donors (Lipinski definition) is 1. The van der Waals surface area contributed by atoms with E-state index in [1.54, 1.807) is 25.1 Å². The fraction of sp³-hybridized carbons (Fsp3) is 0.421. The summed E-state index contributed by atoms with van der Waals surface area (Å²) in [5.74, 6) is -0.264. The lowest BCUT2D eigenvalue weighted by Crippen LogP contribution is -2.48. The van der Waals surface area contributed by atoms with Gasteiger partial charge in [-0.3, -0.25) is 0 Å². The van der Waals surface area contributed by atoms with Crippen LogP contribution in [0.2, 0.25) is 10.0 Å². The predicted octanol–water partition coefficient (Wildman–Crippen LogP) is 4.79. The molecule has 3 atom stereocenters. The van der Waals surface area contributed by atoms with Gasteiger partial charge in [0.15, 0.2) is 0 Å². The maximum Gasteiger partial charge on any atom is 0.407 e. The molecule has 0 saturated carbocycles. The van der Waals surface area contributed by atoms with E-state index in [1.165, 1.54) is 4.90 Å². The molecule has 1 N–H and O–H groups in total. The van der Waals surface area contributed by atoms with E-state index in [1.807, 2.05) is 0 Å². The van der Waals surface area contributed by atoms with Gasteiger partial charge < -0.3 is 19.3 Å². The summed E-state index contributed by atoms with van der Waals surface area (Å²) in [5.41, 5.74) is 0.836. The quantitative estimate of drug-likeness (QED) is 0.711. The third kappa shape index (κ3) is 3.22. The van der Waals surface area contributed by atoms with Crippen molar-refractivity contribution >= 4 is 35.3 Å². The lowest BCUT2D eigenvalue weighted by atomic mass is 10.00. The van der Waals surface area contributed by atoms with Crippen molar-refractivity contribution in [2.45, 2.75) is 50.8 Å². The zero-order valence-electron chi connectivity index (χ0n) is 15.0. The molecule has 3 heterocycles. The summed E-state index contributed by atoms with van der Waals surface area (Å²) in [5, 5.41) is 14.0. The van der Waals surface area contributed by atoms with Gasteiger partial charge in [0.1, 0.15) is 23.1 Å². The Bertz CT molecular complexity index is 910. The van der Waals surface area contributed by atoms with Crippen molar-refractivity contribution in [1.82, 2.24) is 10.1 Å². The van der Waals surface area contributed by atoms with E-state index in [2.05, 4.69) is 5.16 Å². The topological polar surface area (TPSA) is 92.9 Å². The number of amides is 1. The SMILES string of the molecule is Cc1onc(-c2c(Cl)cccc2Cl)c1C(=O)OC1C[C@H]2CC[C@@H](C1)N2C(=O)O. The molecule has 1 aromatic heterocycles. The fourth-order valence-corrected chi connectivity index (χ4v) is 4.83. The van der Waals surface area contributed by atoms with Crippen molar-refractivity contribution in [2.24, 2.45) is 0 Å². The van der Waals surface area contributed by atoms with Crippen LogP contribution in [0.5, 0.6) is 0 Å². The van der Waals surface area contributed by atoms with Gasteiger partial charge in [-0.05, 0) is 31.9 Å². The van der Waals surface area contributed by atoms with E-state index >= 15 is 0 Å². The number of carbonyl (C=O) groups excluding carboxylic acids is 1. The highest BCUT2D eigenvalue weighted by Gasteiger charge is 2.45. The molecule has 1 amide bonds. The third-order valence-corrected chi connectivity index (χ3v) is 6.08. The summed E-state index contributed by atoms with van der Waals surface area (Å²) in [7, 11) is 0. The molecule has 4 rings (SSSR count). The highest BCUT2D eigenvalue weighted by molar-refractivity contribution is 6.39. The smallest absolute Gasteiger partial charge is 0.407 e. The molecular weight excluding hydrogens is 407 g/mol. The largest absolute Gasteiger partial charge is 0.465 e. The molecule has 2 fully saturated rings. The molecule has 0 aliphatic carbocycles. The van der Waals surface area contributed by atoms with Gasteiger partial charge in [0.2, 0.25) is 0 Å². The fourth-order valence-electron chi connectivity index (χ4n) is 4.25. The summed E-state index contributed by atoms with van der Waals surface area (Å²) < 4.78 is 10.9. The molecule has 2 saturated heterocycles. The number of hydrogen-bond acceptors (Lipinski definition) is 5. The summed E-state index contributed by atoms with van der Waals surface area (Å²) in [6.45, 7) is 1.62. The Balaban J connectivity index is 1.58. The van der Waals surface area contributed by atoms with E-state index in [0.29, 0.717) is 34.2 Å². The van der Waals surface area contributed by atoms with Crippen LogP contribution in [0.3, 0.4) is 0 Å². The van der Waals surface area contributed by atoms with Crippen molar-refractivity contribution in [1.29, 1.82) is 0 Å². The number of carboxylic acid groups (broad SMARTS) is 1. The Kier molecular flexibility index (Phi) is 4.97. The van der Waals surface area contributed by atoms with Crippen molar-refractivity contribution < 1.29 is 24.0 Å². The second-order valence-corrected chi connectivity index (χ2v) is 7.95. The molecule has 0 radical (unpaired) electrons. The maximum atomic E-state index is 12.9. The van der Waals surface area contributed by atoms with Gasteiger partial charge in [-0.2, -0.15) is 0 Å². The monoisotopic (exact) mass is 424 g/mol. The van der Waals surface area contributed by atoms with E-state index in [0.717, 1.165) is 12.8 Å². The lowest BCUT2D eigenvalue weighted by Gasteiger charge is -2.36. The van der Waals surface area contributed by atoms with Crippen LogP contribution in [-0.2, 0) is 4.74 Å². The van der Waals surface area contributed by atoms with E-state index in [-0.39, 0.29) is 29.4 Å². The van der Waals surface area contributed by atoms with Crippen LogP contribution < -0.4 is 0 Å². The second-order valence-electron chi connectivity index (χ2n) is 7.13. The minimum Gasteiger partial charge on any atom is -0.465 e. The minimum absolute atomic E-state index is 0.116. The first-order valence-corrected chi connectivity index (χ1v) is 9.75. The summed E-state index contributed by atoms with van der Waals surface area (Å²) in [6, 6.07) is 4.78. The van der Waals surface area contributed by atoms with Crippen LogP contribution in [0.25, 0.3) is 11.3 Å². The van der Waals surface area contributed by atoms with Gasteiger partial charge in [-0.25, -0.2) is 9.59 Å². The molecule has 9 heteroatoms. The standard InChI is InChI=1S/C19H18Cl2N2O5/c1-9-15(17(22-28-9)16-13(20)3-2-4-14(16)21)18(24)27-12-7-10-5-6-11(8-12)23(10)19(25)26/h2-4,10-12H,5-8H2,1H3,(H,25,26)/t10-,11+,12?. The number of nitrogens with zero attached hydrogens (tertiary/aromatic N) is 2. The van der Waals surface area contributed by atoms with Crippen molar-refractivity contribution in [3.8, 4) is 11.3 Å². The normalized spacial score (nSPS) is 23.7. The van der Waals surface area contributed by atoms with Crippen LogP contribution in [0.15, 0.2) is 22.7 Å². The molecule has 2 bridgehead atoms. The van der Waals surface area contributed by atoms with E-state index in [4.69, 9.17) is 32.5 Å². The zero-order valence-corrected chi connectivity index (χ0v) is 16.5. The number of esters is 1. The van der Waals surface area contributed by atoms with Crippen LogP contribution in [0.4, 0.5) is 4.79 Å². The number of aryl methyl sites for hydroxylation is 1. The Hall–Kier alpha value is -2.25. The Morgan fingerprint density at radius 3 is 2.39 bits per heavy atom. The van der Waals surface area contributed by atoms with Crippen molar-refractivity contribution in [3.05, 3.63) is 39.6 Å². The van der Waals surface area contributed by atoms with Gasteiger partial charge in [0.05, 0.1) is 10.0 Å². The first kappa shape index (κ1) is 19.1. The summed E-state index contributed by atoms with van der Waals surface area (Å²) in [6.07, 6.45) is 1.28. The molecule has 7 nitrogen and oxygen atoms in total. The lowest BCUT2D eigenvalue weighted by molar-refractivity contribution is -0.00213. The van der Waals surface area contributed by atoms with Gasteiger partial charge >= 0.3 is 12.1 Å². The highest BCUT2D eigenvalue weighted by atomic mass is 35.5. The number of halogens is 2. The Morgan fingerprint density at radius 1 is 1.21 bits per heavy atom. The average Bonchev–Trinajstić information content (AvgIpc) is 3.13. The first-order valence-electron chi connectivity index (χ1n) is 8.99. The molecular formula is C19H18Cl2N2O5. The number of ether oxygens (including phenoxy) is 1. The van der Waals surface area contributed by atoms with Crippen molar-refractivity contribution in [3.63, 3.8) is 0 Å². The second kappa shape index (κ2) is 7.29. The maximum absolute atomic E-state index is 12.9. The molecule has 148 valence electrons. The summed E-state index contributed by atoms with van der Waals surface area (Å²) in [4.78, 5) is 25.8. The number of carbonyl (C=O) groups is 2. The Morgan fingerprint density at radius 2 is 1.82 bits per heavy atom. The van der Waals surface area contributed by atoms with Crippen LogP contribution in [0.1, 0.15) is 41.8 Å². The molecule has 1 aromatic carbocycles. The number of rotatable bonds is 3. The first-order chi connectivity index (χ1) is 13.4. The molecule has 2 aliphatic rings. The van der Waals surface area contributed by atoms with Gasteiger partial charge in [-0.15, -0.1) is 0 Å². The van der Waals surface area contributed by atoms with Gasteiger partial charge in [0, 0.05) is 30.5 Å². The third-order valence-electron chi connectivity index (χ3n) is 5.45. The number of fused-ring (bicyclic) bond motifs is 2.